The van der Waals surface area contributed by atoms with Gasteiger partial charge in [0.1, 0.15) is 0 Å². The molecule has 0 heterocycles. The van der Waals surface area contributed by atoms with E-state index in [0.717, 1.165) is 0 Å². The number of rotatable bonds is 15. The summed E-state index contributed by atoms with van der Waals surface area (Å²) in [5, 5.41) is 8.22. The number of hydrogen-bond donors (Lipinski definition) is 0. The second-order valence-corrected chi connectivity index (χ2v) is 7.09. The Morgan fingerprint density at radius 2 is 0.900 bits per heavy atom. The topological polar surface area (TPSA) is 179 Å². The molecule has 16 nitrogen and oxygen atoms in total. The third kappa shape index (κ3) is 10.1. The van der Waals surface area contributed by atoms with Crippen LogP contribution in [0.25, 0.3) is 0 Å². The van der Waals surface area contributed by atoms with Crippen molar-refractivity contribution in [3.8, 4) is 23.0 Å². The summed E-state index contributed by atoms with van der Waals surface area (Å²) in [5.41, 5.74) is 0.0734. The average molecular weight is 570 g/mol. The van der Waals surface area contributed by atoms with Gasteiger partial charge in [-0.3, -0.25) is 9.78 Å². The third-order valence-corrected chi connectivity index (χ3v) is 4.64. The lowest BCUT2D eigenvalue weighted by Crippen LogP contribution is -2.14. The first-order valence-electron chi connectivity index (χ1n) is 11.2. The highest BCUT2D eigenvalue weighted by atomic mass is 17.5. The minimum absolute atomic E-state index is 0.0367. The molecule has 0 bridgehead atoms. The maximum absolute atomic E-state index is 11.9. The second-order valence-electron chi connectivity index (χ2n) is 7.09. The van der Waals surface area contributed by atoms with Crippen LogP contribution in [0.5, 0.6) is 23.0 Å². The zero-order chi connectivity index (χ0) is 29.3. The van der Waals surface area contributed by atoms with E-state index in [2.05, 4.69) is 39.1 Å². The summed E-state index contributed by atoms with van der Waals surface area (Å²) in [7, 11) is 5.63. The fourth-order valence-corrected chi connectivity index (χ4v) is 2.74. The minimum Gasteiger partial charge on any atom is -0.493 e. The van der Waals surface area contributed by atoms with Gasteiger partial charge in [-0.15, -0.1) is 0 Å². The normalized spacial score (nSPS) is 10.0. The van der Waals surface area contributed by atoms with Gasteiger partial charge in [-0.1, -0.05) is 0 Å². The van der Waals surface area contributed by atoms with Crippen LogP contribution < -0.4 is 18.9 Å². The van der Waals surface area contributed by atoms with Crippen LogP contribution >= 0.6 is 0 Å². The predicted octanol–water partition coefficient (Wildman–Crippen LogP) is 3.51. The lowest BCUT2D eigenvalue weighted by atomic mass is 10.2. The fourth-order valence-electron chi connectivity index (χ4n) is 2.74. The summed E-state index contributed by atoms with van der Waals surface area (Å²) < 4.78 is 29.6. The molecule has 0 unspecified atom stereocenters. The Kier molecular flexibility index (Phi) is 13.1. The number of carbonyl (C=O) groups excluding carboxylic acids is 4. The van der Waals surface area contributed by atoms with Crippen LogP contribution in [0.15, 0.2) is 36.4 Å². The van der Waals surface area contributed by atoms with Gasteiger partial charge in [-0.25, -0.2) is 29.0 Å². The molecule has 0 aliphatic heterocycles. The van der Waals surface area contributed by atoms with Gasteiger partial charge < -0.3 is 28.4 Å². The summed E-state index contributed by atoms with van der Waals surface area (Å²) in [6.07, 6.45) is -2.10. The van der Waals surface area contributed by atoms with E-state index in [1.165, 1.54) is 64.8 Å². The van der Waals surface area contributed by atoms with Gasteiger partial charge in [0, 0.05) is 0 Å². The lowest BCUT2D eigenvalue weighted by Gasteiger charge is -2.08. The molecule has 0 atom stereocenters. The Labute approximate surface area is 227 Å². The zero-order valence-corrected chi connectivity index (χ0v) is 21.8. The molecule has 0 aromatic heterocycles. The van der Waals surface area contributed by atoms with E-state index < -0.39 is 24.2 Å². The molecular weight excluding hydrogens is 544 g/mol. The molecule has 2 rings (SSSR count). The highest BCUT2D eigenvalue weighted by Crippen LogP contribution is 2.28. The zero-order valence-electron chi connectivity index (χ0n) is 21.8. The van der Waals surface area contributed by atoms with Gasteiger partial charge in [-0.2, -0.15) is 0 Å². The molecule has 0 aliphatic rings. The predicted molar refractivity (Wildman–Crippen MR) is 126 cm³/mol. The van der Waals surface area contributed by atoms with Crippen molar-refractivity contribution in [2.75, 3.05) is 41.7 Å². The molecule has 0 radical (unpaired) electrons. The van der Waals surface area contributed by atoms with E-state index >= 15 is 0 Å². The van der Waals surface area contributed by atoms with Crippen molar-refractivity contribution in [3.63, 3.8) is 0 Å². The van der Waals surface area contributed by atoms with Gasteiger partial charge in [-0.05, 0) is 49.2 Å². The van der Waals surface area contributed by atoms with Crippen LogP contribution in [-0.4, -0.2) is 65.9 Å². The standard InChI is InChI=1S/C24H26O16/c1-29-17-9-7-15(13-19(17)31-3)21(25)35-39-37-23(27)33-11-5-6-12-34-24(28)38-40-36-22(26)16-8-10-18(30-2)20(14-16)32-4/h7-10,13-14H,5-6,11-12H2,1-4H3. The van der Waals surface area contributed by atoms with E-state index in [1.807, 2.05) is 0 Å². The summed E-state index contributed by atoms with van der Waals surface area (Å²) in [5.74, 6) is -0.616. The smallest absolute Gasteiger partial charge is 0.493 e. The number of benzene rings is 2. The van der Waals surface area contributed by atoms with Crippen molar-refractivity contribution in [1.82, 2.24) is 0 Å². The molecule has 16 heteroatoms. The molecule has 2 aromatic rings. The Bertz CT molecular complexity index is 1060. The molecule has 0 aliphatic carbocycles. The fraction of sp³-hybridized carbons (Fsp3) is 0.333. The molecule has 218 valence electrons. The summed E-state index contributed by atoms with van der Waals surface area (Å²) in [6.45, 7) is -0.298. The number of methoxy groups -OCH3 is 4. The molecule has 0 N–H and O–H groups in total. The molecular formula is C24H26O16. The first kappa shape index (κ1) is 31.3. The lowest BCUT2D eigenvalue weighted by molar-refractivity contribution is -0.452. The highest BCUT2D eigenvalue weighted by molar-refractivity contribution is 5.90. The SMILES string of the molecule is COc1ccc(C(=O)OOOC(=O)OCCCCOC(=O)OOOC(=O)c2ccc(OC)c(OC)c2)cc1OC. The third-order valence-electron chi connectivity index (χ3n) is 4.64. The number of unbranched alkanes of at least 4 members (excludes halogenated alkanes) is 1. The largest absolute Gasteiger partial charge is 0.543 e. The Hall–Kier alpha value is -4.96. The average Bonchev–Trinajstić information content (AvgIpc) is 2.97. The van der Waals surface area contributed by atoms with Gasteiger partial charge in [0.25, 0.3) is 0 Å². The van der Waals surface area contributed by atoms with Gasteiger partial charge in [0.15, 0.2) is 23.0 Å². The molecule has 40 heavy (non-hydrogen) atoms. The van der Waals surface area contributed by atoms with Crippen LogP contribution in [0.1, 0.15) is 33.6 Å². The Morgan fingerprint density at radius 3 is 1.25 bits per heavy atom. The van der Waals surface area contributed by atoms with Crippen molar-refractivity contribution in [2.45, 2.75) is 12.8 Å². The van der Waals surface area contributed by atoms with Crippen molar-refractivity contribution in [3.05, 3.63) is 47.5 Å². The van der Waals surface area contributed by atoms with Crippen molar-refractivity contribution >= 4 is 24.2 Å². The number of hydrogen-bond acceptors (Lipinski definition) is 16. The maximum atomic E-state index is 11.9. The highest BCUT2D eigenvalue weighted by Gasteiger charge is 2.16. The number of ether oxygens (including phenoxy) is 6. The minimum atomic E-state index is -1.29. The molecule has 0 saturated heterocycles. The van der Waals surface area contributed by atoms with E-state index in [9.17, 15) is 19.2 Å². The van der Waals surface area contributed by atoms with Crippen LogP contribution in [0.3, 0.4) is 0 Å². The summed E-state index contributed by atoms with van der Waals surface area (Å²) in [6, 6.07) is 8.36. The monoisotopic (exact) mass is 570 g/mol. The van der Waals surface area contributed by atoms with Gasteiger partial charge in [0.05, 0.1) is 62.9 Å². The quantitative estimate of drug-likeness (QED) is 0.131. The molecule has 2 aromatic carbocycles. The van der Waals surface area contributed by atoms with Crippen molar-refractivity contribution in [1.29, 1.82) is 0 Å². The van der Waals surface area contributed by atoms with Crippen LogP contribution in [-0.2, 0) is 39.1 Å². The molecule has 0 amide bonds. The van der Waals surface area contributed by atoms with Crippen LogP contribution in [0.2, 0.25) is 0 Å². The van der Waals surface area contributed by atoms with Gasteiger partial charge in [0.2, 0.25) is 0 Å². The Balaban J connectivity index is 1.53. The molecule has 0 spiro atoms. The van der Waals surface area contributed by atoms with E-state index in [-0.39, 0.29) is 48.7 Å². The van der Waals surface area contributed by atoms with E-state index in [0.29, 0.717) is 11.5 Å². The van der Waals surface area contributed by atoms with Crippen molar-refractivity contribution < 1.29 is 77.2 Å². The van der Waals surface area contributed by atoms with Crippen molar-refractivity contribution in [2.24, 2.45) is 0 Å². The second kappa shape index (κ2) is 16.8. The summed E-state index contributed by atoms with van der Waals surface area (Å²) in [4.78, 5) is 63.8. The first-order chi connectivity index (χ1) is 19.3. The number of carbonyl (C=O) groups is 4. The van der Waals surface area contributed by atoms with Crippen LogP contribution in [0, 0.1) is 0 Å². The van der Waals surface area contributed by atoms with Gasteiger partial charge >= 0.3 is 24.2 Å². The first-order valence-corrected chi connectivity index (χ1v) is 11.2. The molecule has 0 fully saturated rings. The maximum Gasteiger partial charge on any atom is 0.543 e. The summed E-state index contributed by atoms with van der Waals surface area (Å²) >= 11 is 0. The van der Waals surface area contributed by atoms with Crippen LogP contribution in [0.4, 0.5) is 9.59 Å². The van der Waals surface area contributed by atoms with E-state index in [4.69, 9.17) is 18.9 Å². The Morgan fingerprint density at radius 1 is 0.525 bits per heavy atom. The van der Waals surface area contributed by atoms with E-state index in [1.54, 1.807) is 0 Å². The molecule has 0 saturated carbocycles.